The summed E-state index contributed by atoms with van der Waals surface area (Å²) in [5.74, 6) is -0.605. The molecule has 5 nitrogen and oxygen atoms in total. The summed E-state index contributed by atoms with van der Waals surface area (Å²) in [5.41, 5.74) is 0.828. The molecular formula is C13H16FN3O2. The molecule has 1 aromatic rings. The molecule has 0 spiro atoms. The molecule has 2 rings (SSSR count). The van der Waals surface area contributed by atoms with Crippen LogP contribution < -0.4 is 16.0 Å². The van der Waals surface area contributed by atoms with E-state index < -0.39 is 6.04 Å². The van der Waals surface area contributed by atoms with Crippen LogP contribution in [0.5, 0.6) is 0 Å². The number of amides is 2. The molecule has 1 aliphatic heterocycles. The Hall–Kier alpha value is -1.95. The lowest BCUT2D eigenvalue weighted by Crippen LogP contribution is -2.58. The summed E-state index contributed by atoms with van der Waals surface area (Å²) in [5, 5.41) is 8.30. The highest BCUT2D eigenvalue weighted by molar-refractivity contribution is 5.86. The molecule has 3 N–H and O–H groups in total. The van der Waals surface area contributed by atoms with E-state index in [1.807, 2.05) is 6.92 Å². The number of hydrogen-bond acceptors (Lipinski definition) is 3. The van der Waals surface area contributed by atoms with Gasteiger partial charge in [-0.15, -0.1) is 0 Å². The van der Waals surface area contributed by atoms with Gasteiger partial charge in [-0.2, -0.15) is 0 Å². The topological polar surface area (TPSA) is 70.2 Å². The van der Waals surface area contributed by atoms with Gasteiger partial charge in [0.05, 0.1) is 12.6 Å². The zero-order chi connectivity index (χ0) is 13.8. The molecular weight excluding hydrogens is 249 g/mol. The molecule has 1 heterocycles. The van der Waals surface area contributed by atoms with Crippen LogP contribution >= 0.6 is 0 Å². The van der Waals surface area contributed by atoms with Crippen molar-refractivity contribution in [3.8, 4) is 0 Å². The summed E-state index contributed by atoms with van der Waals surface area (Å²) < 4.78 is 12.8. The van der Waals surface area contributed by atoms with Gasteiger partial charge < -0.3 is 10.6 Å². The molecule has 1 saturated heterocycles. The first-order valence-corrected chi connectivity index (χ1v) is 6.12. The molecule has 0 bridgehead atoms. The third kappa shape index (κ3) is 3.51. The van der Waals surface area contributed by atoms with Crippen LogP contribution in [0.15, 0.2) is 24.3 Å². The normalized spacial score (nSPS) is 20.5. The van der Waals surface area contributed by atoms with Crippen LogP contribution in [0.4, 0.5) is 4.39 Å². The van der Waals surface area contributed by atoms with Gasteiger partial charge in [0.1, 0.15) is 11.9 Å². The van der Waals surface area contributed by atoms with Crippen LogP contribution in [0.25, 0.3) is 0 Å². The van der Waals surface area contributed by atoms with Crippen molar-refractivity contribution in [1.82, 2.24) is 16.0 Å². The highest BCUT2D eigenvalue weighted by Crippen LogP contribution is 2.12. The maximum Gasteiger partial charge on any atom is 0.239 e. The van der Waals surface area contributed by atoms with Crippen LogP contribution in [-0.2, 0) is 9.59 Å². The lowest BCUT2D eigenvalue weighted by atomic mass is 10.1. The van der Waals surface area contributed by atoms with Gasteiger partial charge in [-0.25, -0.2) is 4.39 Å². The van der Waals surface area contributed by atoms with Gasteiger partial charge >= 0.3 is 0 Å². The first-order chi connectivity index (χ1) is 9.06. The van der Waals surface area contributed by atoms with E-state index in [1.165, 1.54) is 12.1 Å². The number of carbonyl (C=O) groups excluding carboxylic acids is 2. The average molecular weight is 265 g/mol. The summed E-state index contributed by atoms with van der Waals surface area (Å²) >= 11 is 0. The van der Waals surface area contributed by atoms with Crippen LogP contribution in [0.2, 0.25) is 0 Å². The SMILES string of the molecule is C[C@H](NC(=O)C1CNC(=O)CN1)c1ccc(F)cc1. The highest BCUT2D eigenvalue weighted by atomic mass is 19.1. The Kier molecular flexibility index (Phi) is 4.11. The Morgan fingerprint density at radius 3 is 2.68 bits per heavy atom. The largest absolute Gasteiger partial charge is 0.353 e. The van der Waals surface area contributed by atoms with Crippen molar-refractivity contribution in [2.45, 2.75) is 19.0 Å². The van der Waals surface area contributed by atoms with Crippen molar-refractivity contribution in [2.24, 2.45) is 0 Å². The first-order valence-electron chi connectivity index (χ1n) is 6.12. The smallest absolute Gasteiger partial charge is 0.239 e. The zero-order valence-corrected chi connectivity index (χ0v) is 10.6. The van der Waals surface area contributed by atoms with Crippen molar-refractivity contribution in [3.63, 3.8) is 0 Å². The minimum absolute atomic E-state index is 0.115. The summed E-state index contributed by atoms with van der Waals surface area (Å²) in [4.78, 5) is 22.9. The number of hydrogen-bond donors (Lipinski definition) is 3. The summed E-state index contributed by atoms with van der Waals surface area (Å²) in [6.07, 6.45) is 0. The molecule has 0 aromatic heterocycles. The molecule has 2 amide bonds. The Morgan fingerprint density at radius 1 is 1.42 bits per heavy atom. The minimum atomic E-state index is -0.430. The van der Waals surface area contributed by atoms with Gasteiger partial charge in [0, 0.05) is 6.54 Å². The number of rotatable bonds is 3. The summed E-state index contributed by atoms with van der Waals surface area (Å²) in [6, 6.07) is 5.34. The third-order valence-corrected chi connectivity index (χ3v) is 3.06. The predicted molar refractivity (Wildman–Crippen MR) is 67.8 cm³/mol. The fourth-order valence-corrected chi connectivity index (χ4v) is 1.90. The van der Waals surface area contributed by atoms with E-state index in [1.54, 1.807) is 12.1 Å². The standard InChI is InChI=1S/C13H16FN3O2/c1-8(9-2-4-10(14)5-3-9)17-13(19)11-6-16-12(18)7-15-11/h2-5,8,11,15H,6-7H2,1H3,(H,16,18)(H,17,19)/t8-,11?/m0/s1. The first kappa shape index (κ1) is 13.5. The molecule has 19 heavy (non-hydrogen) atoms. The van der Waals surface area contributed by atoms with Crippen molar-refractivity contribution in [2.75, 3.05) is 13.1 Å². The monoisotopic (exact) mass is 265 g/mol. The van der Waals surface area contributed by atoms with Gasteiger partial charge in [-0.05, 0) is 24.6 Å². The van der Waals surface area contributed by atoms with E-state index in [4.69, 9.17) is 0 Å². The predicted octanol–water partition coefficient (Wildman–Crippen LogP) is 0.0909. The molecule has 2 atom stereocenters. The van der Waals surface area contributed by atoms with Gasteiger partial charge in [-0.1, -0.05) is 12.1 Å². The van der Waals surface area contributed by atoms with Gasteiger partial charge in [0.15, 0.2) is 0 Å². The maximum absolute atomic E-state index is 12.8. The Balaban J connectivity index is 1.91. The molecule has 0 saturated carbocycles. The average Bonchev–Trinajstić information content (AvgIpc) is 2.40. The second kappa shape index (κ2) is 5.79. The molecule has 0 aliphatic carbocycles. The van der Waals surface area contributed by atoms with Gasteiger partial charge in [-0.3, -0.25) is 14.9 Å². The summed E-state index contributed by atoms with van der Waals surface area (Å²) in [7, 11) is 0. The molecule has 102 valence electrons. The second-order valence-corrected chi connectivity index (χ2v) is 4.52. The highest BCUT2D eigenvalue weighted by Gasteiger charge is 2.24. The van der Waals surface area contributed by atoms with Gasteiger partial charge in [0.2, 0.25) is 11.8 Å². The number of benzene rings is 1. The maximum atomic E-state index is 12.8. The van der Waals surface area contributed by atoms with Crippen LogP contribution in [0.1, 0.15) is 18.5 Å². The summed E-state index contributed by atoms with van der Waals surface area (Å²) in [6.45, 7) is 2.25. The third-order valence-electron chi connectivity index (χ3n) is 3.06. The zero-order valence-electron chi connectivity index (χ0n) is 10.6. The van der Waals surface area contributed by atoms with E-state index in [2.05, 4.69) is 16.0 Å². The molecule has 1 aliphatic rings. The quantitative estimate of drug-likeness (QED) is 0.725. The van der Waals surface area contributed by atoms with Crippen molar-refractivity contribution in [3.05, 3.63) is 35.6 Å². The van der Waals surface area contributed by atoms with E-state index >= 15 is 0 Å². The van der Waals surface area contributed by atoms with E-state index in [9.17, 15) is 14.0 Å². The Bertz CT molecular complexity index is 465. The van der Waals surface area contributed by atoms with Gasteiger partial charge in [0.25, 0.3) is 0 Å². The molecule has 0 radical (unpaired) electrons. The number of piperazine rings is 1. The fourth-order valence-electron chi connectivity index (χ4n) is 1.90. The van der Waals surface area contributed by atoms with E-state index in [0.29, 0.717) is 0 Å². The van der Waals surface area contributed by atoms with E-state index in [-0.39, 0.29) is 36.8 Å². The Morgan fingerprint density at radius 2 is 2.11 bits per heavy atom. The molecule has 1 aromatic carbocycles. The molecule has 1 unspecified atom stereocenters. The lowest BCUT2D eigenvalue weighted by Gasteiger charge is -2.25. The number of halogens is 1. The van der Waals surface area contributed by atoms with Crippen LogP contribution in [-0.4, -0.2) is 30.9 Å². The lowest BCUT2D eigenvalue weighted by molar-refractivity contribution is -0.127. The van der Waals surface area contributed by atoms with Crippen LogP contribution in [0.3, 0.4) is 0 Å². The molecule has 1 fully saturated rings. The fraction of sp³-hybridized carbons (Fsp3) is 0.385. The van der Waals surface area contributed by atoms with Crippen LogP contribution in [0, 0.1) is 5.82 Å². The number of carbonyl (C=O) groups is 2. The minimum Gasteiger partial charge on any atom is -0.353 e. The van der Waals surface area contributed by atoms with Crippen molar-refractivity contribution in [1.29, 1.82) is 0 Å². The number of nitrogens with one attached hydrogen (secondary N) is 3. The second-order valence-electron chi connectivity index (χ2n) is 4.52. The van der Waals surface area contributed by atoms with Crippen molar-refractivity contribution < 1.29 is 14.0 Å². The molecule has 6 heteroatoms. The Labute approximate surface area is 110 Å². The van der Waals surface area contributed by atoms with Crippen molar-refractivity contribution >= 4 is 11.8 Å². The van der Waals surface area contributed by atoms with E-state index in [0.717, 1.165) is 5.56 Å².